The fraction of sp³-hybridized carbons (Fsp3) is 1.00. The summed E-state index contributed by atoms with van der Waals surface area (Å²) in [5.41, 5.74) is 0. The van der Waals surface area contributed by atoms with Crippen molar-refractivity contribution >= 4 is 0 Å². The number of rotatable bonds is 10. The number of nitrogens with one attached hydrogen (secondary N) is 1. The molecule has 0 aromatic heterocycles. The quantitative estimate of drug-likeness (QED) is 0.574. The summed E-state index contributed by atoms with van der Waals surface area (Å²) in [6.07, 6.45) is -0.901. The topological polar surface area (TPSA) is 41.5 Å². The van der Waals surface area contributed by atoms with Crippen LogP contribution in [0.2, 0.25) is 0 Å². The Morgan fingerprint density at radius 2 is 1.69 bits per heavy atom. The van der Waals surface area contributed by atoms with Crippen molar-refractivity contribution in [3.63, 3.8) is 0 Å². The Labute approximate surface area is 94.0 Å². The Hall–Kier alpha value is -0.330. The van der Waals surface area contributed by atoms with Gasteiger partial charge in [0.1, 0.15) is 6.61 Å². The molecule has 0 amide bonds. The number of alkyl halides is 3. The Morgan fingerprint density at radius 3 is 2.31 bits per heavy atom. The highest BCUT2D eigenvalue weighted by Crippen LogP contribution is 2.14. The summed E-state index contributed by atoms with van der Waals surface area (Å²) in [6, 6.07) is 0. The number of ether oxygens (including phenoxy) is 1. The van der Waals surface area contributed by atoms with Gasteiger partial charge in [-0.3, -0.25) is 0 Å². The fourth-order valence-electron chi connectivity index (χ4n) is 1.15. The van der Waals surface area contributed by atoms with Gasteiger partial charge in [-0.05, 0) is 38.8 Å². The molecule has 0 rings (SSSR count). The maximum absolute atomic E-state index is 11.6. The lowest BCUT2D eigenvalue weighted by molar-refractivity contribution is -0.173. The van der Waals surface area contributed by atoms with Crippen LogP contribution in [0.15, 0.2) is 0 Å². The molecule has 0 aliphatic carbocycles. The first-order valence-corrected chi connectivity index (χ1v) is 5.52. The van der Waals surface area contributed by atoms with Crippen LogP contribution in [0.25, 0.3) is 0 Å². The summed E-state index contributed by atoms with van der Waals surface area (Å²) in [5.74, 6) is 0. The van der Waals surface area contributed by atoms with Crippen molar-refractivity contribution in [2.45, 2.75) is 31.9 Å². The third-order valence-corrected chi connectivity index (χ3v) is 1.92. The standard InChI is InChI=1S/C10H20F3NO2/c11-10(12,13)9-16-8-4-6-14-5-2-1-3-7-15/h14-15H,1-9H2. The first kappa shape index (κ1) is 15.7. The smallest absolute Gasteiger partial charge is 0.396 e. The molecular weight excluding hydrogens is 223 g/mol. The molecule has 0 aliphatic rings. The Morgan fingerprint density at radius 1 is 1.00 bits per heavy atom. The Kier molecular flexibility index (Phi) is 9.66. The lowest BCUT2D eigenvalue weighted by Gasteiger charge is -2.08. The lowest BCUT2D eigenvalue weighted by atomic mass is 10.2. The van der Waals surface area contributed by atoms with E-state index in [0.717, 1.165) is 25.8 Å². The molecule has 98 valence electrons. The van der Waals surface area contributed by atoms with Crippen LogP contribution in [0.4, 0.5) is 13.2 Å². The molecule has 0 saturated heterocycles. The molecule has 2 N–H and O–H groups in total. The summed E-state index contributed by atoms with van der Waals surface area (Å²) in [5, 5.41) is 11.6. The zero-order valence-electron chi connectivity index (χ0n) is 9.35. The number of aliphatic hydroxyl groups is 1. The van der Waals surface area contributed by atoms with E-state index in [2.05, 4.69) is 10.1 Å². The second-order valence-corrected chi connectivity index (χ2v) is 3.56. The minimum Gasteiger partial charge on any atom is -0.396 e. The zero-order valence-corrected chi connectivity index (χ0v) is 9.35. The van der Waals surface area contributed by atoms with E-state index < -0.39 is 12.8 Å². The predicted octanol–water partition coefficient (Wildman–Crippen LogP) is 1.71. The van der Waals surface area contributed by atoms with E-state index in [1.165, 1.54) is 0 Å². The molecule has 0 radical (unpaired) electrons. The van der Waals surface area contributed by atoms with Gasteiger partial charge in [0, 0.05) is 13.2 Å². The first-order chi connectivity index (χ1) is 7.56. The van der Waals surface area contributed by atoms with E-state index in [1.54, 1.807) is 0 Å². The Balaban J connectivity index is 2.99. The number of aliphatic hydroxyl groups excluding tert-OH is 1. The van der Waals surface area contributed by atoms with E-state index in [4.69, 9.17) is 5.11 Å². The largest absolute Gasteiger partial charge is 0.411 e. The van der Waals surface area contributed by atoms with Crippen LogP contribution in [0.1, 0.15) is 25.7 Å². The van der Waals surface area contributed by atoms with Gasteiger partial charge in [0.15, 0.2) is 0 Å². The van der Waals surface area contributed by atoms with Crippen molar-refractivity contribution in [2.75, 3.05) is 32.9 Å². The maximum atomic E-state index is 11.6. The summed E-state index contributed by atoms with van der Waals surface area (Å²) in [4.78, 5) is 0. The Bertz CT molecular complexity index is 153. The van der Waals surface area contributed by atoms with Gasteiger partial charge in [-0.25, -0.2) is 0 Å². The minimum absolute atomic E-state index is 0.128. The monoisotopic (exact) mass is 243 g/mol. The van der Waals surface area contributed by atoms with E-state index >= 15 is 0 Å². The molecule has 0 spiro atoms. The summed E-state index contributed by atoms with van der Waals surface area (Å²) in [6.45, 7) is 0.675. The van der Waals surface area contributed by atoms with E-state index in [1.807, 2.05) is 0 Å². The van der Waals surface area contributed by atoms with Gasteiger partial charge in [0.2, 0.25) is 0 Å². The van der Waals surface area contributed by atoms with Crippen molar-refractivity contribution in [1.82, 2.24) is 5.32 Å². The second-order valence-electron chi connectivity index (χ2n) is 3.56. The molecule has 0 bridgehead atoms. The molecule has 6 heteroatoms. The minimum atomic E-state index is -4.22. The second kappa shape index (κ2) is 9.86. The molecule has 0 unspecified atom stereocenters. The van der Waals surface area contributed by atoms with Gasteiger partial charge in [0.25, 0.3) is 0 Å². The van der Waals surface area contributed by atoms with Crippen LogP contribution in [-0.2, 0) is 4.74 Å². The summed E-state index contributed by atoms with van der Waals surface area (Å²) >= 11 is 0. The first-order valence-electron chi connectivity index (χ1n) is 5.52. The van der Waals surface area contributed by atoms with Crippen LogP contribution in [0.5, 0.6) is 0 Å². The fourth-order valence-corrected chi connectivity index (χ4v) is 1.15. The molecule has 0 heterocycles. The summed E-state index contributed by atoms with van der Waals surface area (Å²) < 4.78 is 39.4. The van der Waals surface area contributed by atoms with Crippen LogP contribution in [0, 0.1) is 0 Å². The van der Waals surface area contributed by atoms with Crippen molar-refractivity contribution in [1.29, 1.82) is 0 Å². The number of hydrogen-bond donors (Lipinski definition) is 2. The number of unbranched alkanes of at least 4 members (excludes halogenated alkanes) is 2. The van der Waals surface area contributed by atoms with Gasteiger partial charge >= 0.3 is 6.18 Å². The van der Waals surface area contributed by atoms with Crippen LogP contribution < -0.4 is 5.32 Å². The van der Waals surface area contributed by atoms with E-state index in [-0.39, 0.29) is 13.2 Å². The molecule has 3 nitrogen and oxygen atoms in total. The van der Waals surface area contributed by atoms with Crippen LogP contribution in [-0.4, -0.2) is 44.2 Å². The highest BCUT2D eigenvalue weighted by Gasteiger charge is 2.26. The van der Waals surface area contributed by atoms with E-state index in [9.17, 15) is 13.2 Å². The average molecular weight is 243 g/mol. The molecule has 0 aromatic carbocycles. The third-order valence-electron chi connectivity index (χ3n) is 1.92. The highest BCUT2D eigenvalue weighted by atomic mass is 19.4. The third kappa shape index (κ3) is 13.7. The summed E-state index contributed by atoms with van der Waals surface area (Å²) in [7, 11) is 0. The molecule has 0 atom stereocenters. The molecule has 0 fully saturated rings. The molecule has 0 saturated carbocycles. The van der Waals surface area contributed by atoms with Gasteiger partial charge in [-0.1, -0.05) is 0 Å². The number of halogens is 3. The van der Waals surface area contributed by atoms with Gasteiger partial charge in [-0.15, -0.1) is 0 Å². The molecule has 0 aromatic rings. The average Bonchev–Trinajstić information content (AvgIpc) is 2.19. The van der Waals surface area contributed by atoms with Crippen molar-refractivity contribution in [3.05, 3.63) is 0 Å². The number of hydrogen-bond acceptors (Lipinski definition) is 3. The van der Waals surface area contributed by atoms with Crippen molar-refractivity contribution in [3.8, 4) is 0 Å². The van der Waals surface area contributed by atoms with Gasteiger partial charge in [-0.2, -0.15) is 13.2 Å². The van der Waals surface area contributed by atoms with Crippen LogP contribution in [0.3, 0.4) is 0 Å². The highest BCUT2D eigenvalue weighted by molar-refractivity contribution is 4.50. The normalized spacial score (nSPS) is 12.0. The van der Waals surface area contributed by atoms with E-state index in [0.29, 0.717) is 13.0 Å². The molecule has 0 aliphatic heterocycles. The van der Waals surface area contributed by atoms with Crippen LogP contribution >= 0.6 is 0 Å². The zero-order chi connectivity index (χ0) is 12.3. The van der Waals surface area contributed by atoms with Gasteiger partial charge in [0.05, 0.1) is 0 Å². The molecule has 16 heavy (non-hydrogen) atoms. The lowest BCUT2D eigenvalue weighted by Crippen LogP contribution is -2.21. The molecular formula is C10H20F3NO2. The SMILES string of the molecule is OCCCCCNCCCOCC(F)(F)F. The van der Waals surface area contributed by atoms with Crippen molar-refractivity contribution in [2.24, 2.45) is 0 Å². The maximum Gasteiger partial charge on any atom is 0.411 e. The predicted molar refractivity (Wildman–Crippen MR) is 55.3 cm³/mol. The van der Waals surface area contributed by atoms with Crippen molar-refractivity contribution < 1.29 is 23.0 Å². The van der Waals surface area contributed by atoms with Gasteiger partial charge < -0.3 is 15.2 Å².